The third-order valence-corrected chi connectivity index (χ3v) is 5.27. The van der Waals surface area contributed by atoms with E-state index in [2.05, 4.69) is 5.10 Å². The number of hydrogen-bond donors (Lipinski definition) is 0. The monoisotopic (exact) mass is 411 g/mol. The lowest BCUT2D eigenvalue weighted by molar-refractivity contribution is -0.130. The molecule has 7 heteroatoms. The lowest BCUT2D eigenvalue weighted by atomic mass is 10.1. The van der Waals surface area contributed by atoms with E-state index in [4.69, 9.17) is 4.74 Å². The number of ether oxygens (including phenoxy) is 1. The quantitative estimate of drug-likeness (QED) is 0.585. The number of carbonyl (C=O) groups excluding carboxylic acids is 1. The van der Waals surface area contributed by atoms with Gasteiger partial charge in [0.2, 0.25) is 11.8 Å². The van der Waals surface area contributed by atoms with Crippen LogP contribution in [0.1, 0.15) is 30.5 Å². The second-order valence-electron chi connectivity index (χ2n) is 7.40. The lowest BCUT2D eigenvalue weighted by Gasteiger charge is -2.15. The Balaban J connectivity index is 1.67. The van der Waals surface area contributed by atoms with Gasteiger partial charge in [-0.25, -0.2) is 13.5 Å². The Hall–Kier alpha value is -3.22. The summed E-state index contributed by atoms with van der Waals surface area (Å²) in [5, 5.41) is 4.56. The average molecular weight is 411 g/mol. The molecule has 1 aromatic heterocycles. The smallest absolute Gasteiger partial charge is 0.226 e. The predicted octanol–water partition coefficient (Wildman–Crippen LogP) is 4.81. The highest BCUT2D eigenvalue weighted by molar-refractivity contribution is 5.76. The Labute approximate surface area is 173 Å². The van der Waals surface area contributed by atoms with E-state index in [0.717, 1.165) is 31.5 Å². The van der Waals surface area contributed by atoms with Crippen LogP contribution in [0.25, 0.3) is 5.69 Å². The summed E-state index contributed by atoms with van der Waals surface area (Å²) in [6.45, 7) is 3.45. The average Bonchev–Trinajstić information content (AvgIpc) is 3.36. The van der Waals surface area contributed by atoms with Crippen LogP contribution in [0.3, 0.4) is 0 Å². The Morgan fingerprint density at radius 3 is 2.50 bits per heavy atom. The van der Waals surface area contributed by atoms with Crippen molar-refractivity contribution in [3.63, 3.8) is 0 Å². The molecule has 0 radical (unpaired) electrons. The van der Waals surface area contributed by atoms with Gasteiger partial charge in [-0.1, -0.05) is 6.07 Å². The molecule has 4 rings (SSSR count). The normalized spacial score (nSPS) is 13.6. The summed E-state index contributed by atoms with van der Waals surface area (Å²) in [7, 11) is 0. The molecule has 0 atom stereocenters. The van der Waals surface area contributed by atoms with E-state index in [1.165, 1.54) is 24.3 Å². The van der Waals surface area contributed by atoms with Gasteiger partial charge >= 0.3 is 0 Å². The van der Waals surface area contributed by atoms with Crippen molar-refractivity contribution in [1.29, 1.82) is 0 Å². The molecule has 0 unspecified atom stereocenters. The molecule has 2 heterocycles. The minimum absolute atomic E-state index is 0.109. The minimum Gasteiger partial charge on any atom is -0.439 e. The van der Waals surface area contributed by atoms with Gasteiger partial charge in [0, 0.05) is 31.1 Å². The number of carbonyl (C=O) groups is 1. The van der Waals surface area contributed by atoms with Gasteiger partial charge in [0.25, 0.3) is 0 Å². The molecule has 0 spiro atoms. The Kier molecular flexibility index (Phi) is 5.79. The number of halogens is 2. The van der Waals surface area contributed by atoms with Gasteiger partial charge in [0.1, 0.15) is 17.4 Å². The van der Waals surface area contributed by atoms with Crippen LogP contribution in [0.2, 0.25) is 0 Å². The number of nitrogens with zero attached hydrogens (tertiary/aromatic N) is 3. The first-order valence-electron chi connectivity index (χ1n) is 10.1. The first-order chi connectivity index (χ1) is 14.5. The van der Waals surface area contributed by atoms with Crippen LogP contribution in [0, 0.1) is 18.6 Å². The number of benzene rings is 2. The summed E-state index contributed by atoms with van der Waals surface area (Å²) in [5.41, 5.74) is 2.10. The maximum Gasteiger partial charge on any atom is 0.226 e. The molecule has 3 aromatic rings. The van der Waals surface area contributed by atoms with Crippen molar-refractivity contribution in [2.45, 2.75) is 32.6 Å². The largest absolute Gasteiger partial charge is 0.439 e. The maximum atomic E-state index is 13.7. The third kappa shape index (κ3) is 4.35. The molecule has 1 fully saturated rings. The highest BCUT2D eigenvalue weighted by Crippen LogP contribution is 2.32. The van der Waals surface area contributed by atoms with Crippen LogP contribution in [0.4, 0.5) is 8.78 Å². The molecule has 0 N–H and O–H groups in total. The van der Waals surface area contributed by atoms with E-state index < -0.39 is 5.82 Å². The molecule has 2 aromatic carbocycles. The number of amides is 1. The van der Waals surface area contributed by atoms with E-state index in [1.807, 2.05) is 11.8 Å². The standard InChI is InChI=1S/C23H23F2N3O2/c1-16-21(11-12-22(29)27-13-2-3-14-27)23(30-20-6-4-5-18(25)15-20)28(26-16)19-9-7-17(24)8-10-19/h4-10,15H,2-3,11-14H2,1H3. The van der Waals surface area contributed by atoms with Crippen LogP contribution in [0.15, 0.2) is 48.5 Å². The van der Waals surface area contributed by atoms with E-state index in [1.54, 1.807) is 28.9 Å². The van der Waals surface area contributed by atoms with Crippen molar-refractivity contribution in [2.24, 2.45) is 0 Å². The minimum atomic E-state index is -0.414. The van der Waals surface area contributed by atoms with E-state index in [0.29, 0.717) is 35.9 Å². The van der Waals surface area contributed by atoms with Crippen molar-refractivity contribution in [2.75, 3.05) is 13.1 Å². The Bertz CT molecular complexity index is 1040. The summed E-state index contributed by atoms with van der Waals surface area (Å²) in [5.74, 6) is 0.0666. The fourth-order valence-electron chi connectivity index (χ4n) is 3.69. The topological polar surface area (TPSA) is 47.4 Å². The molecule has 1 aliphatic heterocycles. The summed E-state index contributed by atoms with van der Waals surface area (Å²) in [4.78, 5) is 14.4. The fourth-order valence-corrected chi connectivity index (χ4v) is 3.69. The number of hydrogen-bond acceptors (Lipinski definition) is 3. The van der Waals surface area contributed by atoms with Crippen LogP contribution in [0.5, 0.6) is 11.6 Å². The molecule has 30 heavy (non-hydrogen) atoms. The van der Waals surface area contributed by atoms with Gasteiger partial charge in [0.15, 0.2) is 0 Å². The molecule has 0 aliphatic carbocycles. The molecule has 5 nitrogen and oxygen atoms in total. The second kappa shape index (κ2) is 8.65. The molecule has 156 valence electrons. The second-order valence-corrected chi connectivity index (χ2v) is 7.40. The molecular weight excluding hydrogens is 388 g/mol. The summed E-state index contributed by atoms with van der Waals surface area (Å²) in [6, 6.07) is 11.7. The zero-order chi connectivity index (χ0) is 21.1. The number of likely N-dealkylation sites (tertiary alicyclic amines) is 1. The first kappa shape index (κ1) is 20.1. The van der Waals surface area contributed by atoms with E-state index in [-0.39, 0.29) is 11.7 Å². The van der Waals surface area contributed by atoms with E-state index >= 15 is 0 Å². The van der Waals surface area contributed by atoms with Crippen molar-refractivity contribution in [3.8, 4) is 17.3 Å². The zero-order valence-corrected chi connectivity index (χ0v) is 16.8. The molecule has 1 saturated heterocycles. The highest BCUT2D eigenvalue weighted by atomic mass is 19.1. The molecule has 0 saturated carbocycles. The van der Waals surface area contributed by atoms with Crippen molar-refractivity contribution >= 4 is 5.91 Å². The Morgan fingerprint density at radius 1 is 1.07 bits per heavy atom. The van der Waals surface area contributed by atoms with Crippen LogP contribution in [-0.2, 0) is 11.2 Å². The van der Waals surface area contributed by atoms with Gasteiger partial charge in [0.05, 0.1) is 11.4 Å². The zero-order valence-electron chi connectivity index (χ0n) is 16.8. The van der Waals surface area contributed by atoms with Crippen molar-refractivity contribution < 1.29 is 18.3 Å². The van der Waals surface area contributed by atoms with Crippen molar-refractivity contribution in [1.82, 2.24) is 14.7 Å². The van der Waals surface area contributed by atoms with Gasteiger partial charge < -0.3 is 9.64 Å². The van der Waals surface area contributed by atoms with Crippen molar-refractivity contribution in [3.05, 3.63) is 71.4 Å². The molecule has 0 bridgehead atoms. The van der Waals surface area contributed by atoms with Crippen LogP contribution in [-0.4, -0.2) is 33.7 Å². The van der Waals surface area contributed by atoms with Gasteiger partial charge in [-0.15, -0.1) is 0 Å². The SMILES string of the molecule is Cc1nn(-c2ccc(F)cc2)c(Oc2cccc(F)c2)c1CCC(=O)N1CCCC1. The lowest BCUT2D eigenvalue weighted by Crippen LogP contribution is -2.27. The fraction of sp³-hybridized carbons (Fsp3) is 0.304. The summed E-state index contributed by atoms with van der Waals surface area (Å²) < 4.78 is 34.7. The number of aryl methyl sites for hydroxylation is 1. The predicted molar refractivity (Wildman–Crippen MR) is 109 cm³/mol. The van der Waals surface area contributed by atoms with Crippen LogP contribution < -0.4 is 4.74 Å². The number of aromatic nitrogens is 2. The van der Waals surface area contributed by atoms with E-state index in [9.17, 15) is 13.6 Å². The third-order valence-electron chi connectivity index (χ3n) is 5.27. The van der Waals surface area contributed by atoms with Gasteiger partial charge in [-0.05, 0) is 62.6 Å². The summed E-state index contributed by atoms with van der Waals surface area (Å²) in [6.07, 6.45) is 2.88. The maximum absolute atomic E-state index is 13.7. The molecule has 1 aliphatic rings. The number of rotatable bonds is 6. The molecule has 1 amide bonds. The molecular formula is C23H23F2N3O2. The van der Waals surface area contributed by atoms with Gasteiger partial charge in [-0.2, -0.15) is 5.10 Å². The van der Waals surface area contributed by atoms with Gasteiger partial charge in [-0.3, -0.25) is 4.79 Å². The Morgan fingerprint density at radius 2 is 1.80 bits per heavy atom. The summed E-state index contributed by atoms with van der Waals surface area (Å²) >= 11 is 0. The van der Waals surface area contributed by atoms with Crippen LogP contribution >= 0.6 is 0 Å². The first-order valence-corrected chi connectivity index (χ1v) is 10.1. The highest BCUT2D eigenvalue weighted by Gasteiger charge is 2.22.